The Bertz CT molecular complexity index is 1100. The number of piperazine rings is 1. The summed E-state index contributed by atoms with van der Waals surface area (Å²) in [6.45, 7) is 5.64. The van der Waals surface area contributed by atoms with Gasteiger partial charge in [0.15, 0.2) is 0 Å². The number of hydrogen-bond donors (Lipinski definition) is 0. The van der Waals surface area contributed by atoms with Crippen molar-refractivity contribution in [1.82, 2.24) is 29.4 Å². The molecule has 28 heavy (non-hydrogen) atoms. The topological polar surface area (TPSA) is 67.4 Å². The van der Waals surface area contributed by atoms with Crippen LogP contribution in [0.4, 0.5) is 11.6 Å². The van der Waals surface area contributed by atoms with Gasteiger partial charge in [0.25, 0.3) is 0 Å². The zero-order valence-electron chi connectivity index (χ0n) is 16.0. The third-order valence-corrected chi connectivity index (χ3v) is 5.20. The van der Waals surface area contributed by atoms with E-state index in [1.54, 1.807) is 0 Å². The second-order valence-corrected chi connectivity index (χ2v) is 7.21. The van der Waals surface area contributed by atoms with Gasteiger partial charge < -0.3 is 9.80 Å². The summed E-state index contributed by atoms with van der Waals surface area (Å²) in [5.74, 6) is 0.811. The Labute approximate surface area is 163 Å². The Hall–Kier alpha value is -3.42. The molecule has 0 aliphatic carbocycles. The van der Waals surface area contributed by atoms with E-state index in [0.717, 1.165) is 54.3 Å². The van der Waals surface area contributed by atoms with Crippen LogP contribution < -0.4 is 9.80 Å². The predicted molar refractivity (Wildman–Crippen MR) is 109 cm³/mol. The van der Waals surface area contributed by atoms with Gasteiger partial charge in [0, 0.05) is 69.1 Å². The average molecular weight is 374 g/mol. The van der Waals surface area contributed by atoms with Gasteiger partial charge in [0.05, 0.1) is 23.6 Å². The van der Waals surface area contributed by atoms with Crippen molar-refractivity contribution in [2.45, 2.75) is 6.92 Å². The molecule has 4 aromatic heterocycles. The number of fused-ring (bicyclic) bond motifs is 1. The van der Waals surface area contributed by atoms with Crippen LogP contribution in [-0.4, -0.2) is 55.5 Å². The molecule has 0 spiro atoms. The molecule has 0 atom stereocenters. The van der Waals surface area contributed by atoms with Crippen molar-refractivity contribution in [3.8, 4) is 11.1 Å². The van der Waals surface area contributed by atoms with E-state index in [4.69, 9.17) is 0 Å². The van der Waals surface area contributed by atoms with Crippen molar-refractivity contribution in [3.05, 3.63) is 54.9 Å². The molecule has 1 aliphatic rings. The lowest BCUT2D eigenvalue weighted by atomic mass is 10.1. The lowest BCUT2D eigenvalue weighted by molar-refractivity contribution is 0.641. The van der Waals surface area contributed by atoms with Gasteiger partial charge in [-0.3, -0.25) is 4.68 Å². The van der Waals surface area contributed by atoms with E-state index in [2.05, 4.69) is 48.3 Å². The molecule has 1 saturated heterocycles. The fraction of sp³-hybridized carbons (Fsp3) is 0.300. The molecule has 0 amide bonds. The molecule has 142 valence electrons. The monoisotopic (exact) mass is 374 g/mol. The van der Waals surface area contributed by atoms with Gasteiger partial charge in [-0.15, -0.1) is 0 Å². The highest BCUT2D eigenvalue weighted by Crippen LogP contribution is 2.26. The number of anilines is 2. The van der Waals surface area contributed by atoms with Gasteiger partial charge in [0.2, 0.25) is 5.95 Å². The van der Waals surface area contributed by atoms with Crippen LogP contribution in [0, 0.1) is 6.92 Å². The number of rotatable bonds is 3. The summed E-state index contributed by atoms with van der Waals surface area (Å²) in [7, 11) is 1.93. The summed E-state index contributed by atoms with van der Waals surface area (Å²) in [4.78, 5) is 13.5. The molecule has 0 unspecified atom stereocenters. The number of aromatic nitrogens is 6. The molecule has 8 nitrogen and oxygen atoms in total. The van der Waals surface area contributed by atoms with E-state index < -0.39 is 0 Å². The summed E-state index contributed by atoms with van der Waals surface area (Å²) in [6.07, 6.45) is 11.7. The number of nitrogens with zero attached hydrogens (tertiary/aromatic N) is 8. The van der Waals surface area contributed by atoms with Gasteiger partial charge >= 0.3 is 0 Å². The Kier molecular flexibility index (Phi) is 3.96. The minimum absolute atomic E-state index is 0.811. The van der Waals surface area contributed by atoms with Crippen LogP contribution in [0.5, 0.6) is 0 Å². The molecule has 0 radical (unpaired) electrons. The van der Waals surface area contributed by atoms with Crippen molar-refractivity contribution in [3.63, 3.8) is 0 Å². The van der Waals surface area contributed by atoms with Crippen LogP contribution in [0.15, 0.2) is 49.3 Å². The molecule has 0 saturated carbocycles. The van der Waals surface area contributed by atoms with E-state index in [9.17, 15) is 0 Å². The molecule has 5 rings (SSSR count). The Morgan fingerprint density at radius 2 is 1.54 bits per heavy atom. The van der Waals surface area contributed by atoms with E-state index >= 15 is 0 Å². The van der Waals surface area contributed by atoms with Gasteiger partial charge in [-0.2, -0.15) is 10.2 Å². The molecular formula is C20H22N8. The fourth-order valence-electron chi connectivity index (χ4n) is 3.65. The molecule has 0 bridgehead atoms. The molecule has 0 N–H and O–H groups in total. The van der Waals surface area contributed by atoms with Crippen LogP contribution in [0.25, 0.3) is 16.6 Å². The quantitative estimate of drug-likeness (QED) is 0.547. The lowest BCUT2D eigenvalue weighted by Crippen LogP contribution is -2.47. The number of pyridine rings is 1. The lowest BCUT2D eigenvalue weighted by Gasteiger charge is -2.35. The minimum atomic E-state index is 0.811. The molecule has 4 aromatic rings. The van der Waals surface area contributed by atoms with Crippen molar-refractivity contribution in [2.24, 2.45) is 7.05 Å². The highest BCUT2D eigenvalue weighted by atomic mass is 15.3. The summed E-state index contributed by atoms with van der Waals surface area (Å²) >= 11 is 0. The van der Waals surface area contributed by atoms with E-state index in [0.29, 0.717) is 0 Å². The number of hydrogen-bond acceptors (Lipinski definition) is 6. The minimum Gasteiger partial charge on any atom is -0.365 e. The summed E-state index contributed by atoms with van der Waals surface area (Å²) < 4.78 is 3.76. The Morgan fingerprint density at radius 3 is 2.25 bits per heavy atom. The van der Waals surface area contributed by atoms with Crippen LogP contribution in [0.3, 0.4) is 0 Å². The van der Waals surface area contributed by atoms with Gasteiger partial charge in [-0.1, -0.05) is 6.07 Å². The smallest absolute Gasteiger partial charge is 0.225 e. The highest BCUT2D eigenvalue weighted by molar-refractivity contribution is 5.75. The van der Waals surface area contributed by atoms with Crippen LogP contribution >= 0.6 is 0 Å². The molecule has 8 heteroatoms. The van der Waals surface area contributed by atoms with Crippen LogP contribution in [0.2, 0.25) is 0 Å². The van der Waals surface area contributed by atoms with Crippen LogP contribution in [0.1, 0.15) is 5.56 Å². The van der Waals surface area contributed by atoms with Crippen molar-refractivity contribution in [1.29, 1.82) is 0 Å². The third kappa shape index (κ3) is 2.96. The Morgan fingerprint density at radius 1 is 0.786 bits per heavy atom. The summed E-state index contributed by atoms with van der Waals surface area (Å²) in [5.41, 5.74) is 5.57. The first kappa shape index (κ1) is 16.7. The normalized spacial score (nSPS) is 14.8. The number of aryl methyl sites for hydroxylation is 2. The van der Waals surface area contributed by atoms with Gasteiger partial charge in [-0.25, -0.2) is 14.5 Å². The van der Waals surface area contributed by atoms with Gasteiger partial charge in [0.1, 0.15) is 0 Å². The van der Waals surface area contributed by atoms with Crippen molar-refractivity contribution < 1.29 is 0 Å². The zero-order chi connectivity index (χ0) is 19.1. The first-order chi connectivity index (χ1) is 13.7. The first-order valence-electron chi connectivity index (χ1n) is 9.42. The van der Waals surface area contributed by atoms with Crippen molar-refractivity contribution >= 4 is 17.2 Å². The maximum Gasteiger partial charge on any atom is 0.225 e. The standard InChI is InChI=1S/C20H22N8/c1-15-9-21-20(22-10-15)27-7-5-26(6-8-27)19-12-24-28-14-16(3-4-18(19)28)17-11-23-25(2)13-17/h3-4,9-14H,5-8H2,1-2H3. The van der Waals surface area contributed by atoms with Crippen molar-refractivity contribution in [2.75, 3.05) is 36.0 Å². The molecule has 1 fully saturated rings. The highest BCUT2D eigenvalue weighted by Gasteiger charge is 2.21. The molecular weight excluding hydrogens is 352 g/mol. The second kappa shape index (κ2) is 6.63. The first-order valence-corrected chi connectivity index (χ1v) is 9.42. The summed E-state index contributed by atoms with van der Waals surface area (Å²) in [6, 6.07) is 4.27. The van der Waals surface area contributed by atoms with E-state index in [1.807, 2.05) is 54.2 Å². The molecule has 5 heterocycles. The average Bonchev–Trinajstić information content (AvgIpc) is 3.34. The summed E-state index contributed by atoms with van der Waals surface area (Å²) in [5, 5.41) is 8.84. The SMILES string of the molecule is Cc1cnc(N2CCN(c3cnn4cc(-c5cnn(C)c5)ccc34)CC2)nc1. The maximum absolute atomic E-state index is 4.58. The molecule has 1 aliphatic heterocycles. The predicted octanol–water partition coefficient (Wildman–Crippen LogP) is 2.16. The third-order valence-electron chi connectivity index (χ3n) is 5.20. The largest absolute Gasteiger partial charge is 0.365 e. The zero-order valence-corrected chi connectivity index (χ0v) is 16.0. The Balaban J connectivity index is 1.35. The second-order valence-electron chi connectivity index (χ2n) is 7.21. The molecule has 0 aromatic carbocycles. The fourth-order valence-corrected chi connectivity index (χ4v) is 3.65. The van der Waals surface area contributed by atoms with E-state index in [1.165, 1.54) is 5.69 Å². The maximum atomic E-state index is 4.58. The van der Waals surface area contributed by atoms with Gasteiger partial charge in [-0.05, 0) is 18.6 Å². The van der Waals surface area contributed by atoms with Crippen LogP contribution in [-0.2, 0) is 7.05 Å². The van der Waals surface area contributed by atoms with E-state index in [-0.39, 0.29) is 0 Å².